The average molecular weight is 242 g/mol. The molecule has 90 valence electrons. The highest BCUT2D eigenvalue weighted by Crippen LogP contribution is 2.39. The Kier molecular flexibility index (Phi) is 3.13. The zero-order valence-electron chi connectivity index (χ0n) is 11.4. The van der Waals surface area contributed by atoms with Crippen molar-refractivity contribution in [2.75, 3.05) is 0 Å². The fourth-order valence-corrected chi connectivity index (χ4v) is 7.54. The minimum Gasteiger partial charge on any atom is -0.103 e. The van der Waals surface area contributed by atoms with E-state index in [0.717, 1.165) is 6.42 Å². The number of rotatable bonds is 3. The van der Waals surface area contributed by atoms with Gasteiger partial charge in [-0.2, -0.15) is 0 Å². The molecule has 1 heteroatoms. The fourth-order valence-electron chi connectivity index (χ4n) is 3.39. The predicted molar refractivity (Wildman–Crippen MR) is 80.1 cm³/mol. The molecule has 0 fully saturated rings. The summed E-state index contributed by atoms with van der Waals surface area (Å²) in [6.07, 6.45) is 3.06. The summed E-state index contributed by atoms with van der Waals surface area (Å²) < 4.78 is 0. The Bertz CT molecular complexity index is 478. The van der Waals surface area contributed by atoms with E-state index in [9.17, 15) is 0 Å². The van der Waals surface area contributed by atoms with Crippen molar-refractivity contribution in [1.29, 1.82) is 0 Å². The van der Waals surface area contributed by atoms with E-state index >= 15 is 0 Å². The Labute approximate surface area is 106 Å². The van der Waals surface area contributed by atoms with Crippen molar-refractivity contribution in [3.05, 3.63) is 47.7 Å². The molecule has 0 spiro atoms. The summed E-state index contributed by atoms with van der Waals surface area (Å²) in [5, 5.41) is 3.33. The van der Waals surface area contributed by atoms with Gasteiger partial charge in [0.05, 0.1) is 0 Å². The van der Waals surface area contributed by atoms with E-state index in [1.165, 1.54) is 5.56 Å². The second kappa shape index (κ2) is 4.30. The third-order valence-electron chi connectivity index (χ3n) is 3.85. The molecule has 0 saturated heterocycles. The molecule has 0 unspecified atom stereocenters. The predicted octanol–water partition coefficient (Wildman–Crippen LogP) is 4.14. The first-order valence-corrected chi connectivity index (χ1v) is 9.44. The average Bonchev–Trinajstić information content (AvgIpc) is 2.49. The van der Waals surface area contributed by atoms with Crippen molar-refractivity contribution in [3.8, 4) is 0 Å². The van der Waals surface area contributed by atoms with Crippen molar-refractivity contribution < 1.29 is 0 Å². The molecule has 0 nitrogen and oxygen atoms in total. The van der Waals surface area contributed by atoms with E-state index in [0.29, 0.717) is 5.92 Å². The lowest BCUT2D eigenvalue weighted by Crippen LogP contribution is -2.42. The van der Waals surface area contributed by atoms with E-state index < -0.39 is 8.07 Å². The van der Waals surface area contributed by atoms with Crippen LogP contribution < -0.4 is 5.19 Å². The van der Waals surface area contributed by atoms with Gasteiger partial charge < -0.3 is 0 Å². The van der Waals surface area contributed by atoms with Crippen LogP contribution in [0.15, 0.2) is 42.1 Å². The standard InChI is InChI=1S/C16H22Si/c1-6-9-14-13-10-7-8-11-15(13)17(4,5)16(14)12(2)3/h6-8,10-12H,1,9H2,2-5H3. The number of allylic oxidation sites excluding steroid dienone is 3. The molecule has 0 amide bonds. The maximum absolute atomic E-state index is 3.92. The smallest absolute Gasteiger partial charge is 0.103 e. The molecule has 1 aromatic carbocycles. The highest BCUT2D eigenvalue weighted by atomic mass is 28.3. The van der Waals surface area contributed by atoms with E-state index in [1.807, 2.05) is 6.08 Å². The Balaban J connectivity index is 2.68. The lowest BCUT2D eigenvalue weighted by atomic mass is 9.99. The van der Waals surface area contributed by atoms with Crippen LogP contribution in [0.3, 0.4) is 0 Å². The molecule has 1 aromatic rings. The summed E-state index contributed by atoms with van der Waals surface area (Å²) in [5.74, 6) is 0.652. The lowest BCUT2D eigenvalue weighted by Gasteiger charge is -2.25. The maximum Gasteiger partial charge on any atom is 0.109 e. The molecule has 0 atom stereocenters. The molecule has 0 N–H and O–H groups in total. The van der Waals surface area contributed by atoms with Crippen LogP contribution in [-0.4, -0.2) is 8.07 Å². The van der Waals surface area contributed by atoms with Crippen LogP contribution in [0.2, 0.25) is 13.1 Å². The topological polar surface area (TPSA) is 0 Å². The van der Waals surface area contributed by atoms with E-state index in [1.54, 1.807) is 16.0 Å². The van der Waals surface area contributed by atoms with Crippen LogP contribution in [0.5, 0.6) is 0 Å². The van der Waals surface area contributed by atoms with Gasteiger partial charge in [-0.3, -0.25) is 0 Å². The summed E-state index contributed by atoms with van der Waals surface area (Å²) in [7, 11) is -1.42. The largest absolute Gasteiger partial charge is 0.109 e. The number of hydrogen-bond donors (Lipinski definition) is 0. The second-order valence-electron chi connectivity index (χ2n) is 5.71. The lowest BCUT2D eigenvalue weighted by molar-refractivity contribution is 0.806. The van der Waals surface area contributed by atoms with Gasteiger partial charge in [-0.05, 0) is 28.7 Å². The molecule has 0 bridgehead atoms. The van der Waals surface area contributed by atoms with Crippen LogP contribution in [0.1, 0.15) is 25.8 Å². The molecular weight excluding hydrogens is 220 g/mol. The number of hydrogen-bond acceptors (Lipinski definition) is 0. The van der Waals surface area contributed by atoms with E-state index in [-0.39, 0.29) is 0 Å². The first-order chi connectivity index (χ1) is 8.00. The molecule has 1 heterocycles. The summed E-state index contributed by atoms with van der Waals surface area (Å²) in [6.45, 7) is 13.6. The number of fused-ring (bicyclic) bond motifs is 1. The van der Waals surface area contributed by atoms with Gasteiger partial charge in [0.25, 0.3) is 0 Å². The highest BCUT2D eigenvalue weighted by molar-refractivity contribution is 6.98. The minimum absolute atomic E-state index is 0.652. The molecule has 0 aromatic heterocycles. The maximum atomic E-state index is 3.92. The summed E-state index contributed by atoms with van der Waals surface area (Å²) >= 11 is 0. The normalized spacial score (nSPS) is 17.5. The monoisotopic (exact) mass is 242 g/mol. The molecule has 1 aliphatic rings. The van der Waals surface area contributed by atoms with Gasteiger partial charge in [0.1, 0.15) is 8.07 Å². The van der Waals surface area contributed by atoms with Crippen LogP contribution in [0, 0.1) is 5.92 Å². The Hall–Kier alpha value is -1.08. The molecule has 0 saturated carbocycles. The van der Waals surface area contributed by atoms with Crippen LogP contribution in [-0.2, 0) is 0 Å². The molecule has 0 aliphatic carbocycles. The third-order valence-corrected chi connectivity index (χ3v) is 7.86. The van der Waals surface area contributed by atoms with Crippen LogP contribution in [0.25, 0.3) is 5.57 Å². The summed E-state index contributed by atoms with van der Waals surface area (Å²) in [4.78, 5) is 0. The third kappa shape index (κ3) is 1.83. The first-order valence-electron chi connectivity index (χ1n) is 6.44. The van der Waals surface area contributed by atoms with Gasteiger partial charge in [-0.1, -0.05) is 62.5 Å². The molecule has 17 heavy (non-hydrogen) atoms. The Morgan fingerprint density at radius 2 is 1.88 bits per heavy atom. The fraction of sp³-hybridized carbons (Fsp3) is 0.375. The number of benzene rings is 1. The van der Waals surface area contributed by atoms with Gasteiger partial charge in [-0.25, -0.2) is 0 Å². The van der Waals surface area contributed by atoms with Gasteiger partial charge in [0.15, 0.2) is 0 Å². The van der Waals surface area contributed by atoms with Crippen molar-refractivity contribution >= 4 is 18.8 Å². The zero-order valence-corrected chi connectivity index (χ0v) is 12.4. The van der Waals surface area contributed by atoms with E-state index in [4.69, 9.17) is 0 Å². The zero-order chi connectivity index (χ0) is 12.6. The first kappa shape index (κ1) is 12.4. The van der Waals surface area contributed by atoms with Crippen molar-refractivity contribution in [1.82, 2.24) is 0 Å². The minimum atomic E-state index is -1.42. The second-order valence-corrected chi connectivity index (χ2v) is 10.0. The van der Waals surface area contributed by atoms with Crippen LogP contribution >= 0.6 is 0 Å². The van der Waals surface area contributed by atoms with Gasteiger partial charge in [0.2, 0.25) is 0 Å². The van der Waals surface area contributed by atoms with Crippen LogP contribution in [0.4, 0.5) is 0 Å². The Morgan fingerprint density at radius 3 is 2.47 bits per heavy atom. The molecule has 1 aliphatic heterocycles. The van der Waals surface area contributed by atoms with Gasteiger partial charge in [0, 0.05) is 0 Å². The van der Waals surface area contributed by atoms with Gasteiger partial charge in [-0.15, -0.1) is 6.58 Å². The SMILES string of the molecule is C=CCC1=C(C(C)C)[Si](C)(C)c2ccccc21. The van der Waals surface area contributed by atoms with E-state index in [2.05, 4.69) is 57.8 Å². The van der Waals surface area contributed by atoms with Crippen molar-refractivity contribution in [2.45, 2.75) is 33.4 Å². The molecular formula is C16H22Si. The quantitative estimate of drug-likeness (QED) is 0.552. The molecule has 2 rings (SSSR count). The summed E-state index contributed by atoms with van der Waals surface area (Å²) in [5.41, 5.74) is 3.05. The highest BCUT2D eigenvalue weighted by Gasteiger charge is 2.39. The molecule has 0 radical (unpaired) electrons. The van der Waals surface area contributed by atoms with Crippen molar-refractivity contribution in [2.24, 2.45) is 5.92 Å². The summed E-state index contributed by atoms with van der Waals surface area (Å²) in [6, 6.07) is 8.97. The van der Waals surface area contributed by atoms with Gasteiger partial charge >= 0.3 is 0 Å². The Morgan fingerprint density at radius 1 is 1.24 bits per heavy atom. The van der Waals surface area contributed by atoms with Crippen molar-refractivity contribution in [3.63, 3.8) is 0 Å².